The SMILES string of the molecule is CC(C)=CC1C(C(=O)Nc2ncccc2C)C1(C)C. The number of carbonyl (C=O) groups is 1. The molecule has 0 saturated heterocycles. The predicted octanol–water partition coefficient (Wildman–Crippen LogP) is 3.57. The molecule has 1 fully saturated rings. The summed E-state index contributed by atoms with van der Waals surface area (Å²) in [6.07, 6.45) is 3.91. The first-order chi connectivity index (χ1) is 8.84. The van der Waals surface area contributed by atoms with E-state index in [0.717, 1.165) is 5.56 Å². The van der Waals surface area contributed by atoms with Gasteiger partial charge < -0.3 is 5.32 Å². The van der Waals surface area contributed by atoms with E-state index in [9.17, 15) is 4.79 Å². The maximum Gasteiger partial charge on any atom is 0.229 e. The molecule has 0 bridgehead atoms. The van der Waals surface area contributed by atoms with Crippen molar-refractivity contribution in [3.63, 3.8) is 0 Å². The minimum Gasteiger partial charge on any atom is -0.310 e. The Morgan fingerprint density at radius 2 is 2.11 bits per heavy atom. The highest BCUT2D eigenvalue weighted by atomic mass is 16.2. The van der Waals surface area contributed by atoms with Crippen molar-refractivity contribution in [2.45, 2.75) is 34.6 Å². The first-order valence-corrected chi connectivity index (χ1v) is 6.71. The van der Waals surface area contributed by atoms with Gasteiger partial charge in [0.1, 0.15) is 5.82 Å². The highest BCUT2D eigenvalue weighted by Gasteiger charge is 2.60. The summed E-state index contributed by atoms with van der Waals surface area (Å²) in [5.74, 6) is 1.13. The second-order valence-corrected chi connectivity index (χ2v) is 6.23. The number of nitrogens with zero attached hydrogens (tertiary/aromatic N) is 1. The molecule has 1 aliphatic carbocycles. The predicted molar refractivity (Wildman–Crippen MR) is 77.8 cm³/mol. The average molecular weight is 258 g/mol. The van der Waals surface area contributed by atoms with Gasteiger partial charge in [-0.05, 0) is 43.7 Å². The second kappa shape index (κ2) is 4.80. The van der Waals surface area contributed by atoms with Gasteiger partial charge in [-0.1, -0.05) is 31.6 Å². The van der Waals surface area contributed by atoms with Crippen molar-refractivity contribution in [2.24, 2.45) is 17.3 Å². The van der Waals surface area contributed by atoms with Crippen molar-refractivity contribution >= 4 is 11.7 Å². The van der Waals surface area contributed by atoms with Crippen LogP contribution >= 0.6 is 0 Å². The van der Waals surface area contributed by atoms with Crippen molar-refractivity contribution in [1.29, 1.82) is 0 Å². The smallest absolute Gasteiger partial charge is 0.229 e. The normalized spacial score (nSPS) is 23.6. The Kier molecular flexibility index (Phi) is 3.48. The number of rotatable bonds is 3. The van der Waals surface area contributed by atoms with Crippen LogP contribution in [0.2, 0.25) is 0 Å². The molecule has 1 saturated carbocycles. The lowest BCUT2D eigenvalue weighted by molar-refractivity contribution is -0.118. The number of pyridine rings is 1. The summed E-state index contributed by atoms with van der Waals surface area (Å²) in [6.45, 7) is 10.4. The van der Waals surface area contributed by atoms with Crippen LogP contribution in [0.1, 0.15) is 33.3 Å². The molecule has 2 rings (SSSR count). The van der Waals surface area contributed by atoms with E-state index in [0.29, 0.717) is 11.7 Å². The first-order valence-electron chi connectivity index (χ1n) is 6.71. The van der Waals surface area contributed by atoms with Crippen LogP contribution in [0.5, 0.6) is 0 Å². The van der Waals surface area contributed by atoms with Gasteiger partial charge in [0.25, 0.3) is 0 Å². The van der Waals surface area contributed by atoms with Crippen LogP contribution in [0.3, 0.4) is 0 Å². The van der Waals surface area contributed by atoms with E-state index in [1.807, 2.05) is 19.1 Å². The van der Waals surface area contributed by atoms with E-state index in [4.69, 9.17) is 0 Å². The number of hydrogen-bond acceptors (Lipinski definition) is 2. The Balaban J connectivity index is 2.10. The fraction of sp³-hybridized carbons (Fsp3) is 0.500. The summed E-state index contributed by atoms with van der Waals surface area (Å²) >= 11 is 0. The van der Waals surface area contributed by atoms with Gasteiger partial charge in [-0.3, -0.25) is 4.79 Å². The fourth-order valence-corrected chi connectivity index (χ4v) is 2.66. The van der Waals surface area contributed by atoms with Crippen LogP contribution in [0.15, 0.2) is 30.0 Å². The molecule has 2 atom stereocenters. The molecule has 2 unspecified atom stereocenters. The summed E-state index contributed by atoms with van der Waals surface area (Å²) in [5, 5.41) is 2.95. The number of nitrogens with one attached hydrogen (secondary N) is 1. The quantitative estimate of drug-likeness (QED) is 0.842. The maximum absolute atomic E-state index is 12.4. The van der Waals surface area contributed by atoms with Crippen molar-refractivity contribution in [3.05, 3.63) is 35.5 Å². The first kappa shape index (κ1) is 13.8. The van der Waals surface area contributed by atoms with E-state index in [1.165, 1.54) is 5.57 Å². The number of aryl methyl sites for hydroxylation is 1. The molecule has 0 aromatic carbocycles. The summed E-state index contributed by atoms with van der Waals surface area (Å²) in [5.41, 5.74) is 2.31. The Morgan fingerprint density at radius 3 is 2.68 bits per heavy atom. The molecule has 0 aliphatic heterocycles. The molecule has 3 nitrogen and oxygen atoms in total. The van der Waals surface area contributed by atoms with Crippen LogP contribution in [-0.4, -0.2) is 10.9 Å². The summed E-state index contributed by atoms with van der Waals surface area (Å²) in [7, 11) is 0. The van der Waals surface area contributed by atoms with Gasteiger partial charge in [0.15, 0.2) is 0 Å². The van der Waals surface area contributed by atoms with Crippen molar-refractivity contribution in [1.82, 2.24) is 4.98 Å². The molecular formula is C16H22N2O. The van der Waals surface area contributed by atoms with E-state index in [1.54, 1.807) is 6.20 Å². The molecule has 3 heteroatoms. The van der Waals surface area contributed by atoms with E-state index in [-0.39, 0.29) is 17.2 Å². The standard InChI is InChI=1S/C16H22N2O/c1-10(2)9-12-13(16(12,4)5)15(19)18-14-11(3)7-6-8-17-14/h6-9,12-13H,1-5H3,(H,17,18,19). The summed E-state index contributed by atoms with van der Waals surface area (Å²) in [6, 6.07) is 3.83. The van der Waals surface area contributed by atoms with Crippen LogP contribution in [-0.2, 0) is 4.79 Å². The van der Waals surface area contributed by atoms with Gasteiger partial charge >= 0.3 is 0 Å². The highest BCUT2D eigenvalue weighted by molar-refractivity contribution is 5.95. The lowest BCUT2D eigenvalue weighted by Gasteiger charge is -2.07. The lowest BCUT2D eigenvalue weighted by atomic mass is 10.1. The Bertz CT molecular complexity index is 527. The summed E-state index contributed by atoms with van der Waals surface area (Å²) in [4.78, 5) is 16.6. The molecule has 1 heterocycles. The van der Waals surface area contributed by atoms with Crippen molar-refractivity contribution in [2.75, 3.05) is 5.32 Å². The molecule has 19 heavy (non-hydrogen) atoms. The van der Waals surface area contributed by atoms with E-state index in [2.05, 4.69) is 44.1 Å². The van der Waals surface area contributed by atoms with Gasteiger partial charge in [0, 0.05) is 6.20 Å². The lowest BCUT2D eigenvalue weighted by Crippen LogP contribution is -2.18. The molecular weight excluding hydrogens is 236 g/mol. The molecule has 1 aromatic heterocycles. The molecule has 1 aromatic rings. The van der Waals surface area contributed by atoms with Crippen molar-refractivity contribution in [3.8, 4) is 0 Å². The number of amides is 1. The topological polar surface area (TPSA) is 42.0 Å². The zero-order valence-electron chi connectivity index (χ0n) is 12.3. The van der Waals surface area contributed by atoms with Gasteiger partial charge in [-0.2, -0.15) is 0 Å². The van der Waals surface area contributed by atoms with Gasteiger partial charge in [-0.25, -0.2) is 4.98 Å². The molecule has 1 amide bonds. The van der Waals surface area contributed by atoms with Crippen molar-refractivity contribution < 1.29 is 4.79 Å². The van der Waals surface area contributed by atoms with Crippen LogP contribution < -0.4 is 5.32 Å². The Morgan fingerprint density at radius 1 is 1.42 bits per heavy atom. The van der Waals surface area contributed by atoms with Crippen LogP contribution in [0.4, 0.5) is 5.82 Å². The van der Waals surface area contributed by atoms with Crippen LogP contribution in [0.25, 0.3) is 0 Å². The third-order valence-electron chi connectivity index (χ3n) is 3.96. The van der Waals surface area contributed by atoms with Gasteiger partial charge in [-0.15, -0.1) is 0 Å². The molecule has 102 valence electrons. The molecule has 1 aliphatic rings. The van der Waals surface area contributed by atoms with E-state index < -0.39 is 0 Å². The minimum atomic E-state index is 0.0452. The zero-order valence-corrected chi connectivity index (χ0v) is 12.3. The third-order valence-corrected chi connectivity index (χ3v) is 3.96. The Labute approximate surface area is 115 Å². The van der Waals surface area contributed by atoms with E-state index >= 15 is 0 Å². The minimum absolute atomic E-state index is 0.0452. The number of anilines is 1. The molecule has 0 spiro atoms. The molecule has 0 radical (unpaired) electrons. The zero-order chi connectivity index (χ0) is 14.2. The summed E-state index contributed by atoms with van der Waals surface area (Å²) < 4.78 is 0. The number of hydrogen-bond donors (Lipinski definition) is 1. The maximum atomic E-state index is 12.4. The average Bonchev–Trinajstić information content (AvgIpc) is 2.82. The third kappa shape index (κ3) is 2.70. The number of carbonyl (C=O) groups excluding carboxylic acids is 1. The van der Waals surface area contributed by atoms with Gasteiger partial charge in [0.05, 0.1) is 5.92 Å². The highest BCUT2D eigenvalue weighted by Crippen LogP contribution is 2.59. The van der Waals surface area contributed by atoms with Crippen LogP contribution in [0, 0.1) is 24.2 Å². The monoisotopic (exact) mass is 258 g/mol. The Hall–Kier alpha value is -1.64. The number of allylic oxidation sites excluding steroid dienone is 2. The largest absolute Gasteiger partial charge is 0.310 e. The van der Waals surface area contributed by atoms with Gasteiger partial charge in [0.2, 0.25) is 5.91 Å². The second-order valence-electron chi connectivity index (χ2n) is 6.23. The molecule has 1 N–H and O–H groups in total. The fourth-order valence-electron chi connectivity index (χ4n) is 2.66. The number of aromatic nitrogens is 1.